The second-order valence-electron chi connectivity index (χ2n) is 8.44. The molecular formula is C26H28N2O4S. The highest BCUT2D eigenvalue weighted by atomic mass is 32.2. The molecule has 1 amide bonds. The first-order chi connectivity index (χ1) is 15.9. The molecule has 1 aliphatic rings. The summed E-state index contributed by atoms with van der Waals surface area (Å²) in [6, 6.07) is 23.4. The van der Waals surface area contributed by atoms with Gasteiger partial charge in [0.25, 0.3) is 15.9 Å². The Morgan fingerprint density at radius 2 is 1.64 bits per heavy atom. The Morgan fingerprint density at radius 3 is 2.33 bits per heavy atom. The van der Waals surface area contributed by atoms with Gasteiger partial charge in [0.15, 0.2) is 0 Å². The van der Waals surface area contributed by atoms with E-state index in [9.17, 15) is 13.2 Å². The lowest BCUT2D eigenvalue weighted by Gasteiger charge is -2.38. The van der Waals surface area contributed by atoms with Gasteiger partial charge >= 0.3 is 0 Å². The molecule has 0 atom stereocenters. The normalized spacial score (nSPS) is 15.5. The third kappa shape index (κ3) is 5.43. The molecule has 1 heterocycles. The van der Waals surface area contributed by atoms with E-state index < -0.39 is 10.0 Å². The topological polar surface area (TPSA) is 84.5 Å². The van der Waals surface area contributed by atoms with E-state index in [-0.39, 0.29) is 16.2 Å². The second kappa shape index (κ2) is 9.77. The Morgan fingerprint density at radius 1 is 0.939 bits per heavy atom. The highest BCUT2D eigenvalue weighted by molar-refractivity contribution is 7.92. The van der Waals surface area contributed by atoms with Gasteiger partial charge in [0.2, 0.25) is 0 Å². The van der Waals surface area contributed by atoms with Crippen molar-refractivity contribution in [2.75, 3.05) is 24.5 Å². The van der Waals surface area contributed by atoms with Crippen LogP contribution >= 0.6 is 0 Å². The SMILES string of the molecule is Cc1ccc(S(=O)(=O)Nc2cccc(C(=O)NCC3(c4ccccc4)CCOCC3)c2)cc1. The molecule has 1 aliphatic heterocycles. The van der Waals surface area contributed by atoms with Crippen LogP contribution in [-0.2, 0) is 20.2 Å². The van der Waals surface area contributed by atoms with E-state index in [2.05, 4.69) is 22.2 Å². The summed E-state index contributed by atoms with van der Waals surface area (Å²) in [5.41, 5.74) is 2.72. The van der Waals surface area contributed by atoms with Crippen LogP contribution in [0.25, 0.3) is 0 Å². The summed E-state index contributed by atoms with van der Waals surface area (Å²) in [5, 5.41) is 3.06. The number of hydrogen-bond acceptors (Lipinski definition) is 4. The van der Waals surface area contributed by atoms with Crippen LogP contribution in [-0.4, -0.2) is 34.1 Å². The number of ether oxygens (including phenoxy) is 1. The van der Waals surface area contributed by atoms with E-state index >= 15 is 0 Å². The van der Waals surface area contributed by atoms with E-state index in [4.69, 9.17) is 4.74 Å². The minimum absolute atomic E-state index is 0.173. The maximum Gasteiger partial charge on any atom is 0.261 e. The molecule has 1 saturated heterocycles. The van der Waals surface area contributed by atoms with Gasteiger partial charge in [-0.05, 0) is 55.7 Å². The fourth-order valence-electron chi connectivity index (χ4n) is 4.13. The first kappa shape index (κ1) is 23.0. The third-order valence-electron chi connectivity index (χ3n) is 6.13. The van der Waals surface area contributed by atoms with E-state index in [1.807, 2.05) is 25.1 Å². The van der Waals surface area contributed by atoms with Crippen LogP contribution in [0.3, 0.4) is 0 Å². The summed E-state index contributed by atoms with van der Waals surface area (Å²) in [7, 11) is -3.74. The van der Waals surface area contributed by atoms with Crippen molar-refractivity contribution < 1.29 is 17.9 Å². The van der Waals surface area contributed by atoms with Gasteiger partial charge in [0.05, 0.1) is 4.90 Å². The van der Waals surface area contributed by atoms with Crippen molar-refractivity contribution in [1.29, 1.82) is 0 Å². The molecule has 0 radical (unpaired) electrons. The molecule has 7 heteroatoms. The molecule has 4 rings (SSSR count). The summed E-state index contributed by atoms with van der Waals surface area (Å²) in [4.78, 5) is 13.1. The number of sulfonamides is 1. The number of carbonyl (C=O) groups excluding carboxylic acids is 1. The molecule has 172 valence electrons. The van der Waals surface area contributed by atoms with Crippen molar-refractivity contribution in [3.8, 4) is 0 Å². The smallest absolute Gasteiger partial charge is 0.261 e. The molecule has 33 heavy (non-hydrogen) atoms. The molecule has 0 aliphatic carbocycles. The molecule has 2 N–H and O–H groups in total. The Labute approximate surface area is 195 Å². The molecular weight excluding hydrogens is 436 g/mol. The average molecular weight is 465 g/mol. The largest absolute Gasteiger partial charge is 0.381 e. The predicted octanol–water partition coefficient (Wildman–Crippen LogP) is 4.27. The van der Waals surface area contributed by atoms with E-state index in [1.165, 1.54) is 5.56 Å². The zero-order valence-electron chi connectivity index (χ0n) is 18.6. The van der Waals surface area contributed by atoms with Crippen LogP contribution in [0.15, 0.2) is 83.8 Å². The second-order valence-corrected chi connectivity index (χ2v) is 10.1. The summed E-state index contributed by atoms with van der Waals surface area (Å²) in [6.07, 6.45) is 1.65. The van der Waals surface area contributed by atoms with Crippen LogP contribution in [0.4, 0.5) is 5.69 Å². The van der Waals surface area contributed by atoms with Gasteiger partial charge in [-0.2, -0.15) is 0 Å². The van der Waals surface area contributed by atoms with Crippen molar-refractivity contribution in [3.05, 3.63) is 95.6 Å². The fraction of sp³-hybridized carbons (Fsp3) is 0.269. The maximum absolute atomic E-state index is 13.0. The highest BCUT2D eigenvalue weighted by Crippen LogP contribution is 2.34. The summed E-state index contributed by atoms with van der Waals surface area (Å²) in [5.74, 6) is -0.242. The average Bonchev–Trinajstić information content (AvgIpc) is 2.84. The first-order valence-corrected chi connectivity index (χ1v) is 12.5. The number of carbonyl (C=O) groups is 1. The number of nitrogens with one attached hydrogen (secondary N) is 2. The van der Waals surface area contributed by atoms with Gasteiger partial charge in [-0.25, -0.2) is 8.42 Å². The van der Waals surface area contributed by atoms with Gasteiger partial charge < -0.3 is 10.1 Å². The highest BCUT2D eigenvalue weighted by Gasteiger charge is 2.34. The van der Waals surface area contributed by atoms with Crippen molar-refractivity contribution in [2.45, 2.75) is 30.1 Å². The van der Waals surface area contributed by atoms with Crippen LogP contribution < -0.4 is 10.0 Å². The number of hydrogen-bond donors (Lipinski definition) is 2. The molecule has 0 unspecified atom stereocenters. The van der Waals surface area contributed by atoms with Gasteiger partial charge in [-0.3, -0.25) is 9.52 Å². The molecule has 0 bridgehead atoms. The quantitative estimate of drug-likeness (QED) is 0.547. The molecule has 0 spiro atoms. The molecule has 1 fully saturated rings. The monoisotopic (exact) mass is 464 g/mol. The van der Waals surface area contributed by atoms with Gasteiger partial charge in [-0.1, -0.05) is 54.1 Å². The number of aryl methyl sites for hydroxylation is 1. The Hall–Kier alpha value is -3.16. The number of amides is 1. The minimum Gasteiger partial charge on any atom is -0.381 e. The lowest BCUT2D eigenvalue weighted by molar-refractivity contribution is 0.0487. The van der Waals surface area contributed by atoms with Gasteiger partial charge in [0.1, 0.15) is 0 Å². The number of rotatable bonds is 7. The molecule has 0 saturated carbocycles. The van der Waals surface area contributed by atoms with Crippen LogP contribution in [0, 0.1) is 6.92 Å². The van der Waals surface area contributed by atoms with Crippen molar-refractivity contribution in [3.63, 3.8) is 0 Å². The van der Waals surface area contributed by atoms with Gasteiger partial charge in [0, 0.05) is 36.4 Å². The zero-order valence-corrected chi connectivity index (χ0v) is 19.4. The standard InChI is InChI=1S/C26H28N2O4S/c1-20-10-12-24(13-11-20)33(30,31)28-23-9-5-6-21(18-23)25(29)27-19-26(14-16-32-17-15-26)22-7-3-2-4-8-22/h2-13,18,28H,14-17,19H2,1H3,(H,27,29). The van der Waals surface area contributed by atoms with E-state index in [0.29, 0.717) is 31.0 Å². The molecule has 3 aromatic carbocycles. The Bertz CT molecular complexity index is 1200. The zero-order chi connectivity index (χ0) is 23.3. The number of anilines is 1. The third-order valence-corrected chi connectivity index (χ3v) is 7.53. The molecule has 3 aromatic rings. The summed E-state index contributed by atoms with van der Waals surface area (Å²) in [6.45, 7) is 3.69. The van der Waals surface area contributed by atoms with Crippen LogP contribution in [0.5, 0.6) is 0 Å². The minimum atomic E-state index is -3.74. The van der Waals surface area contributed by atoms with Crippen molar-refractivity contribution >= 4 is 21.6 Å². The fourth-order valence-corrected chi connectivity index (χ4v) is 5.18. The molecule has 6 nitrogen and oxygen atoms in total. The van der Waals surface area contributed by atoms with E-state index in [1.54, 1.807) is 48.5 Å². The lowest BCUT2D eigenvalue weighted by atomic mass is 9.74. The Balaban J connectivity index is 1.48. The van der Waals surface area contributed by atoms with Crippen LogP contribution in [0.2, 0.25) is 0 Å². The summed E-state index contributed by atoms with van der Waals surface area (Å²) >= 11 is 0. The van der Waals surface area contributed by atoms with Crippen molar-refractivity contribution in [1.82, 2.24) is 5.32 Å². The van der Waals surface area contributed by atoms with E-state index in [0.717, 1.165) is 18.4 Å². The lowest BCUT2D eigenvalue weighted by Crippen LogP contribution is -2.44. The predicted molar refractivity (Wildman–Crippen MR) is 129 cm³/mol. The molecule has 0 aromatic heterocycles. The summed E-state index contributed by atoms with van der Waals surface area (Å²) < 4.78 is 33.5. The van der Waals surface area contributed by atoms with Crippen molar-refractivity contribution in [2.24, 2.45) is 0 Å². The first-order valence-electron chi connectivity index (χ1n) is 11.0. The maximum atomic E-state index is 13.0. The number of benzene rings is 3. The van der Waals surface area contributed by atoms with Crippen LogP contribution in [0.1, 0.15) is 34.3 Å². The van der Waals surface area contributed by atoms with Gasteiger partial charge in [-0.15, -0.1) is 0 Å². The Kier molecular flexibility index (Phi) is 6.81.